The number of halogens is 1. The number of ether oxygens (including phenoxy) is 1. The van der Waals surface area contributed by atoms with Gasteiger partial charge in [-0.1, -0.05) is 45.4 Å². The van der Waals surface area contributed by atoms with Crippen molar-refractivity contribution < 1.29 is 4.74 Å². The Morgan fingerprint density at radius 1 is 1.16 bits per heavy atom. The Bertz CT molecular complexity index is 390. The number of hydrogen-bond acceptors (Lipinski definition) is 2. The van der Waals surface area contributed by atoms with Gasteiger partial charge in [0.15, 0.2) is 0 Å². The van der Waals surface area contributed by atoms with Crippen LogP contribution in [0, 0.1) is 18.8 Å². The van der Waals surface area contributed by atoms with Crippen LogP contribution in [-0.4, -0.2) is 19.2 Å². The Hall–Kier alpha value is -0.730. The first-order valence-electron chi connectivity index (χ1n) is 7.03. The fraction of sp³-hybridized carbons (Fsp3) is 0.625. The molecule has 1 aromatic rings. The van der Waals surface area contributed by atoms with Crippen molar-refractivity contribution in [1.82, 2.24) is 5.32 Å². The average Bonchev–Trinajstić information content (AvgIpc) is 2.30. The molecule has 0 aliphatic carbocycles. The van der Waals surface area contributed by atoms with Crippen LogP contribution in [-0.2, 0) is 0 Å². The van der Waals surface area contributed by atoms with Crippen molar-refractivity contribution in [3.05, 3.63) is 28.8 Å². The number of hydrogen-bond donors (Lipinski definition) is 1. The normalized spacial score (nSPS) is 13.1. The maximum absolute atomic E-state index is 6.22. The third-order valence-electron chi connectivity index (χ3n) is 3.01. The van der Waals surface area contributed by atoms with Crippen LogP contribution >= 0.6 is 11.6 Å². The van der Waals surface area contributed by atoms with E-state index in [1.54, 1.807) is 0 Å². The monoisotopic (exact) mass is 283 g/mol. The molecule has 2 nitrogen and oxygen atoms in total. The van der Waals surface area contributed by atoms with Gasteiger partial charge in [0.25, 0.3) is 0 Å². The molecular formula is C16H26ClNO. The summed E-state index contributed by atoms with van der Waals surface area (Å²) in [6.45, 7) is 12.6. The minimum Gasteiger partial charge on any atom is -0.487 e. The van der Waals surface area contributed by atoms with Crippen LogP contribution in [0.1, 0.15) is 33.3 Å². The first-order chi connectivity index (χ1) is 8.90. The van der Waals surface area contributed by atoms with E-state index in [0.29, 0.717) is 16.9 Å². The second-order valence-electron chi connectivity index (χ2n) is 5.89. The lowest BCUT2D eigenvalue weighted by Gasteiger charge is -2.24. The second-order valence-corrected chi connectivity index (χ2v) is 6.29. The highest BCUT2D eigenvalue weighted by molar-refractivity contribution is 6.32. The molecule has 0 radical (unpaired) electrons. The van der Waals surface area contributed by atoms with Gasteiger partial charge < -0.3 is 10.1 Å². The number of rotatable bonds is 7. The Morgan fingerprint density at radius 3 is 2.37 bits per heavy atom. The highest BCUT2D eigenvalue weighted by atomic mass is 35.5. The lowest BCUT2D eigenvalue weighted by Crippen LogP contribution is -2.37. The van der Waals surface area contributed by atoms with E-state index in [9.17, 15) is 0 Å². The van der Waals surface area contributed by atoms with Crippen LogP contribution in [0.15, 0.2) is 18.2 Å². The predicted molar refractivity (Wildman–Crippen MR) is 83.2 cm³/mol. The highest BCUT2D eigenvalue weighted by Gasteiger charge is 2.16. The van der Waals surface area contributed by atoms with Crippen LogP contribution in [0.5, 0.6) is 5.75 Å². The Labute approximate surface area is 122 Å². The largest absolute Gasteiger partial charge is 0.487 e. The molecule has 1 N–H and O–H groups in total. The van der Waals surface area contributed by atoms with Gasteiger partial charge in [0.05, 0.1) is 5.02 Å². The summed E-state index contributed by atoms with van der Waals surface area (Å²) in [4.78, 5) is 0. The van der Waals surface area contributed by atoms with Gasteiger partial charge in [-0.05, 0) is 43.0 Å². The third-order valence-corrected chi connectivity index (χ3v) is 3.30. The van der Waals surface area contributed by atoms with Crippen molar-refractivity contribution in [3.8, 4) is 5.75 Å². The molecule has 0 heterocycles. The second kappa shape index (κ2) is 7.76. The quantitative estimate of drug-likeness (QED) is 0.806. The molecule has 108 valence electrons. The summed E-state index contributed by atoms with van der Waals surface area (Å²) in [5.74, 6) is 1.87. The molecule has 0 bridgehead atoms. The molecule has 0 aromatic heterocycles. The summed E-state index contributed by atoms with van der Waals surface area (Å²) in [5.41, 5.74) is 1.15. The van der Waals surface area contributed by atoms with E-state index in [0.717, 1.165) is 24.4 Å². The molecule has 0 fully saturated rings. The third kappa shape index (κ3) is 5.84. The predicted octanol–water partition coefficient (Wildman–Crippen LogP) is 4.30. The molecule has 1 aromatic carbocycles. The van der Waals surface area contributed by atoms with Crippen molar-refractivity contribution in [2.45, 2.75) is 40.7 Å². The van der Waals surface area contributed by atoms with Crippen molar-refractivity contribution >= 4 is 11.6 Å². The van der Waals surface area contributed by atoms with Gasteiger partial charge in [-0.2, -0.15) is 0 Å². The number of benzene rings is 1. The van der Waals surface area contributed by atoms with Crippen molar-refractivity contribution in [2.24, 2.45) is 11.8 Å². The topological polar surface area (TPSA) is 21.3 Å². The highest BCUT2D eigenvalue weighted by Crippen LogP contribution is 2.27. The zero-order valence-electron chi connectivity index (χ0n) is 12.7. The molecule has 0 aliphatic rings. The lowest BCUT2D eigenvalue weighted by molar-refractivity contribution is 0.148. The molecule has 1 atom stereocenters. The first kappa shape index (κ1) is 16.3. The van der Waals surface area contributed by atoms with E-state index in [1.165, 1.54) is 0 Å². The summed E-state index contributed by atoms with van der Waals surface area (Å²) < 4.78 is 6.05. The van der Waals surface area contributed by atoms with Crippen LogP contribution < -0.4 is 10.1 Å². The summed E-state index contributed by atoms with van der Waals surface area (Å²) in [6.07, 6.45) is 0.138. The van der Waals surface area contributed by atoms with E-state index in [4.69, 9.17) is 16.3 Å². The van der Waals surface area contributed by atoms with Crippen molar-refractivity contribution in [1.29, 1.82) is 0 Å². The van der Waals surface area contributed by atoms with Gasteiger partial charge in [0, 0.05) is 6.54 Å². The zero-order chi connectivity index (χ0) is 14.4. The summed E-state index contributed by atoms with van der Waals surface area (Å²) in [6, 6.07) is 5.92. The summed E-state index contributed by atoms with van der Waals surface area (Å²) >= 11 is 6.22. The van der Waals surface area contributed by atoms with Gasteiger partial charge in [-0.25, -0.2) is 0 Å². The summed E-state index contributed by atoms with van der Waals surface area (Å²) in [5, 5.41) is 4.14. The molecule has 19 heavy (non-hydrogen) atoms. The lowest BCUT2D eigenvalue weighted by atomic mass is 10.1. The average molecular weight is 284 g/mol. The molecule has 0 amide bonds. The molecular weight excluding hydrogens is 258 g/mol. The van der Waals surface area contributed by atoms with Gasteiger partial charge in [-0.3, -0.25) is 0 Å². The Kier molecular flexibility index (Phi) is 6.67. The molecule has 1 rings (SSSR count). The molecule has 3 heteroatoms. The molecule has 0 aliphatic heterocycles. The molecule has 1 unspecified atom stereocenters. The van der Waals surface area contributed by atoms with E-state index in [-0.39, 0.29) is 6.10 Å². The van der Waals surface area contributed by atoms with Gasteiger partial charge >= 0.3 is 0 Å². The van der Waals surface area contributed by atoms with E-state index in [2.05, 4.69) is 33.0 Å². The minimum absolute atomic E-state index is 0.138. The molecule has 0 saturated carbocycles. The van der Waals surface area contributed by atoms with E-state index < -0.39 is 0 Å². The van der Waals surface area contributed by atoms with Crippen LogP contribution in [0.25, 0.3) is 0 Å². The van der Waals surface area contributed by atoms with E-state index in [1.807, 2.05) is 25.1 Å². The van der Waals surface area contributed by atoms with Crippen molar-refractivity contribution in [2.75, 3.05) is 13.1 Å². The van der Waals surface area contributed by atoms with Gasteiger partial charge in [0.2, 0.25) is 0 Å². The minimum atomic E-state index is 0.138. The maximum Gasteiger partial charge on any atom is 0.138 e. The Balaban J connectivity index is 2.62. The fourth-order valence-electron chi connectivity index (χ4n) is 1.79. The fourth-order valence-corrected chi connectivity index (χ4v) is 2.07. The number of aryl methyl sites for hydroxylation is 1. The summed E-state index contributed by atoms with van der Waals surface area (Å²) in [7, 11) is 0. The standard InChI is InChI=1S/C16H26ClNO/c1-11(2)9-18-10-16(12(3)4)19-15-7-6-13(5)8-14(15)17/h6-8,11-12,16,18H,9-10H2,1-5H3. The van der Waals surface area contributed by atoms with Gasteiger partial charge in [0.1, 0.15) is 11.9 Å². The smallest absolute Gasteiger partial charge is 0.138 e. The van der Waals surface area contributed by atoms with Crippen LogP contribution in [0.3, 0.4) is 0 Å². The SMILES string of the molecule is Cc1ccc(OC(CNCC(C)C)C(C)C)c(Cl)c1. The number of nitrogens with one attached hydrogen (secondary N) is 1. The first-order valence-corrected chi connectivity index (χ1v) is 7.41. The van der Waals surface area contributed by atoms with Crippen molar-refractivity contribution in [3.63, 3.8) is 0 Å². The molecule has 0 saturated heterocycles. The van der Waals surface area contributed by atoms with Gasteiger partial charge in [-0.15, -0.1) is 0 Å². The maximum atomic E-state index is 6.22. The Morgan fingerprint density at radius 2 is 1.84 bits per heavy atom. The zero-order valence-corrected chi connectivity index (χ0v) is 13.4. The van der Waals surface area contributed by atoms with Crippen LogP contribution in [0.2, 0.25) is 5.02 Å². The van der Waals surface area contributed by atoms with Crippen LogP contribution in [0.4, 0.5) is 0 Å². The van der Waals surface area contributed by atoms with E-state index >= 15 is 0 Å². The molecule has 0 spiro atoms.